The lowest BCUT2D eigenvalue weighted by Gasteiger charge is -2.22. The summed E-state index contributed by atoms with van der Waals surface area (Å²) < 4.78 is 5.13. The van der Waals surface area contributed by atoms with Gasteiger partial charge in [0.1, 0.15) is 5.75 Å². The van der Waals surface area contributed by atoms with Gasteiger partial charge in [-0.2, -0.15) is 0 Å². The first-order valence-corrected chi connectivity index (χ1v) is 6.60. The number of alkyl halides is 1. The van der Waals surface area contributed by atoms with Crippen LogP contribution >= 0.6 is 27.5 Å². The monoisotopic (exact) mass is 304 g/mol. The first kappa shape index (κ1) is 13.9. The van der Waals surface area contributed by atoms with Crippen LogP contribution in [0.15, 0.2) is 18.2 Å². The molecule has 3 heteroatoms. The van der Waals surface area contributed by atoms with Gasteiger partial charge in [0.05, 0.1) is 12.1 Å². The fourth-order valence-electron chi connectivity index (χ4n) is 1.53. The van der Waals surface area contributed by atoms with Crippen LogP contribution in [-0.2, 0) is 0 Å². The summed E-state index contributed by atoms with van der Waals surface area (Å²) in [5, 5.41) is 0.665. The summed E-state index contributed by atoms with van der Waals surface area (Å²) in [6.07, 6.45) is 1.07. The van der Waals surface area contributed by atoms with Crippen LogP contribution < -0.4 is 4.74 Å². The van der Waals surface area contributed by atoms with E-state index in [1.165, 1.54) is 5.56 Å². The van der Waals surface area contributed by atoms with Crippen molar-refractivity contribution < 1.29 is 4.74 Å². The van der Waals surface area contributed by atoms with Crippen molar-refractivity contribution in [1.29, 1.82) is 0 Å². The SMILES string of the molecule is COc1ccc(C(Br)CC(C)(C)C)cc1Cl. The molecule has 1 rings (SSSR count). The Bertz CT molecular complexity index is 357. The molecular formula is C13H18BrClO. The van der Waals surface area contributed by atoms with E-state index in [0.717, 1.165) is 12.2 Å². The molecule has 0 saturated heterocycles. The third kappa shape index (κ3) is 3.99. The van der Waals surface area contributed by atoms with Crippen LogP contribution in [0.4, 0.5) is 0 Å². The molecule has 0 amide bonds. The van der Waals surface area contributed by atoms with Crippen molar-refractivity contribution in [2.24, 2.45) is 5.41 Å². The molecule has 1 unspecified atom stereocenters. The van der Waals surface area contributed by atoms with Gasteiger partial charge in [-0.3, -0.25) is 0 Å². The Morgan fingerprint density at radius 3 is 2.44 bits per heavy atom. The lowest BCUT2D eigenvalue weighted by Crippen LogP contribution is -2.08. The van der Waals surface area contributed by atoms with Gasteiger partial charge in [0.2, 0.25) is 0 Å². The minimum atomic E-state index is 0.292. The number of rotatable bonds is 3. The molecule has 0 aliphatic carbocycles. The molecule has 90 valence electrons. The second-order valence-electron chi connectivity index (χ2n) is 5.13. The summed E-state index contributed by atoms with van der Waals surface area (Å²) in [6.45, 7) is 6.69. The highest BCUT2D eigenvalue weighted by atomic mass is 79.9. The number of hydrogen-bond acceptors (Lipinski definition) is 1. The van der Waals surface area contributed by atoms with Crippen LogP contribution in [0.2, 0.25) is 5.02 Å². The number of ether oxygens (including phenoxy) is 1. The van der Waals surface area contributed by atoms with Crippen molar-refractivity contribution in [3.63, 3.8) is 0 Å². The average Bonchev–Trinajstić information content (AvgIpc) is 2.15. The largest absolute Gasteiger partial charge is 0.495 e. The molecule has 1 aromatic carbocycles. The van der Waals surface area contributed by atoms with E-state index in [9.17, 15) is 0 Å². The van der Waals surface area contributed by atoms with Gasteiger partial charge in [-0.05, 0) is 29.5 Å². The van der Waals surface area contributed by atoms with Crippen molar-refractivity contribution >= 4 is 27.5 Å². The van der Waals surface area contributed by atoms with E-state index in [1.807, 2.05) is 12.1 Å². The zero-order chi connectivity index (χ0) is 12.3. The molecule has 0 aromatic heterocycles. The minimum absolute atomic E-state index is 0.292. The normalized spacial score (nSPS) is 13.6. The van der Waals surface area contributed by atoms with Crippen molar-refractivity contribution in [2.45, 2.75) is 32.0 Å². The van der Waals surface area contributed by atoms with Crippen molar-refractivity contribution in [2.75, 3.05) is 7.11 Å². The van der Waals surface area contributed by atoms with Gasteiger partial charge >= 0.3 is 0 Å². The van der Waals surface area contributed by atoms with Crippen LogP contribution in [0.3, 0.4) is 0 Å². The quantitative estimate of drug-likeness (QED) is 0.696. The predicted octanol–water partition coefficient (Wildman–Crippen LogP) is 5.22. The van der Waals surface area contributed by atoms with Gasteiger partial charge in [-0.15, -0.1) is 0 Å². The second-order valence-corrected chi connectivity index (χ2v) is 6.64. The number of benzene rings is 1. The zero-order valence-corrected chi connectivity index (χ0v) is 12.5. The van der Waals surface area contributed by atoms with E-state index in [-0.39, 0.29) is 0 Å². The topological polar surface area (TPSA) is 9.23 Å². The standard InChI is InChI=1S/C13H18BrClO/c1-13(2,3)8-10(14)9-5-6-12(16-4)11(15)7-9/h5-7,10H,8H2,1-4H3. The highest BCUT2D eigenvalue weighted by Gasteiger charge is 2.18. The van der Waals surface area contributed by atoms with E-state index in [0.29, 0.717) is 15.3 Å². The van der Waals surface area contributed by atoms with E-state index >= 15 is 0 Å². The number of hydrogen-bond donors (Lipinski definition) is 0. The second kappa shape index (κ2) is 5.42. The predicted molar refractivity (Wildman–Crippen MR) is 73.7 cm³/mol. The molecule has 0 radical (unpaired) electrons. The summed E-state index contributed by atoms with van der Waals surface area (Å²) >= 11 is 9.80. The summed E-state index contributed by atoms with van der Waals surface area (Å²) in [5.41, 5.74) is 1.49. The molecule has 1 aromatic rings. The van der Waals surface area contributed by atoms with Gasteiger partial charge in [0.15, 0.2) is 0 Å². The first-order chi connectivity index (χ1) is 7.33. The average molecular weight is 306 g/mol. The molecule has 1 nitrogen and oxygen atoms in total. The Kier molecular flexibility index (Phi) is 4.69. The molecule has 16 heavy (non-hydrogen) atoms. The highest BCUT2D eigenvalue weighted by molar-refractivity contribution is 9.09. The Hall–Kier alpha value is -0.210. The number of methoxy groups -OCH3 is 1. The maximum atomic E-state index is 6.10. The Labute approximate surface area is 111 Å². The molecule has 0 aliphatic rings. The van der Waals surface area contributed by atoms with Gasteiger partial charge in [-0.1, -0.05) is 54.4 Å². The van der Waals surface area contributed by atoms with E-state index in [1.54, 1.807) is 7.11 Å². The lowest BCUT2D eigenvalue weighted by atomic mass is 9.88. The molecule has 0 heterocycles. The maximum Gasteiger partial charge on any atom is 0.137 e. The van der Waals surface area contributed by atoms with E-state index in [2.05, 4.69) is 42.8 Å². The smallest absolute Gasteiger partial charge is 0.137 e. The molecule has 0 bridgehead atoms. The molecule has 0 spiro atoms. The fraction of sp³-hybridized carbons (Fsp3) is 0.538. The Balaban J connectivity index is 2.85. The Morgan fingerprint density at radius 2 is 2.00 bits per heavy atom. The molecule has 1 atom stereocenters. The van der Waals surface area contributed by atoms with Crippen LogP contribution in [0.5, 0.6) is 5.75 Å². The van der Waals surface area contributed by atoms with Gasteiger partial charge in [-0.25, -0.2) is 0 Å². The highest BCUT2D eigenvalue weighted by Crippen LogP contribution is 2.37. The third-order valence-corrected chi connectivity index (χ3v) is 3.48. The maximum absolute atomic E-state index is 6.10. The summed E-state index contributed by atoms with van der Waals surface area (Å²) in [6, 6.07) is 5.93. The van der Waals surface area contributed by atoms with Crippen molar-refractivity contribution in [3.05, 3.63) is 28.8 Å². The Morgan fingerprint density at radius 1 is 1.38 bits per heavy atom. The van der Waals surface area contributed by atoms with E-state index < -0.39 is 0 Å². The zero-order valence-electron chi connectivity index (χ0n) is 10.2. The molecular weight excluding hydrogens is 287 g/mol. The van der Waals surface area contributed by atoms with Gasteiger partial charge < -0.3 is 4.74 Å². The molecule has 0 aliphatic heterocycles. The minimum Gasteiger partial charge on any atom is -0.495 e. The first-order valence-electron chi connectivity index (χ1n) is 5.31. The van der Waals surface area contributed by atoms with Crippen LogP contribution in [0, 0.1) is 5.41 Å². The van der Waals surface area contributed by atoms with Crippen molar-refractivity contribution in [1.82, 2.24) is 0 Å². The fourth-order valence-corrected chi connectivity index (χ4v) is 3.06. The van der Waals surface area contributed by atoms with Crippen LogP contribution in [0.1, 0.15) is 37.6 Å². The molecule has 0 saturated carbocycles. The van der Waals surface area contributed by atoms with Crippen LogP contribution in [0.25, 0.3) is 0 Å². The third-order valence-electron chi connectivity index (χ3n) is 2.33. The lowest BCUT2D eigenvalue weighted by molar-refractivity contribution is 0.376. The number of halogens is 2. The van der Waals surface area contributed by atoms with Crippen LogP contribution in [-0.4, -0.2) is 7.11 Å². The molecule has 0 N–H and O–H groups in total. The molecule has 0 fully saturated rings. The summed E-state index contributed by atoms with van der Waals surface area (Å²) in [5.74, 6) is 0.723. The van der Waals surface area contributed by atoms with E-state index in [4.69, 9.17) is 16.3 Å². The van der Waals surface area contributed by atoms with Gasteiger partial charge in [0, 0.05) is 4.83 Å². The van der Waals surface area contributed by atoms with Gasteiger partial charge in [0.25, 0.3) is 0 Å². The summed E-state index contributed by atoms with van der Waals surface area (Å²) in [7, 11) is 1.63. The van der Waals surface area contributed by atoms with Crippen molar-refractivity contribution in [3.8, 4) is 5.75 Å². The summed E-state index contributed by atoms with van der Waals surface area (Å²) in [4.78, 5) is 0.330.